The second-order valence-electron chi connectivity index (χ2n) is 10.6. The van der Waals surface area contributed by atoms with Crippen LogP contribution in [0.25, 0.3) is 11.0 Å². The van der Waals surface area contributed by atoms with E-state index in [9.17, 15) is 4.79 Å². The number of hydrogen-bond acceptors (Lipinski definition) is 5. The van der Waals surface area contributed by atoms with Gasteiger partial charge in [0.25, 0.3) is 6.47 Å². The lowest BCUT2D eigenvalue weighted by molar-refractivity contribution is -0.129. The minimum atomic E-state index is -0.250. The SMILES string of the molecule is Cc1cc(C)c2c(CC(=O)N3C[C@H]4C[C@@H](N(C)C)[C@H](OCC5CC5)C[C@H]4C3)coc2c1.O=CO. The predicted molar refractivity (Wildman–Crippen MR) is 131 cm³/mol. The zero-order chi connectivity index (χ0) is 24.4. The van der Waals surface area contributed by atoms with Gasteiger partial charge in [-0.15, -0.1) is 0 Å². The zero-order valence-corrected chi connectivity index (χ0v) is 20.8. The smallest absolute Gasteiger partial charge is 0.290 e. The van der Waals surface area contributed by atoms with Gasteiger partial charge in [-0.05, 0) is 88.6 Å². The quantitative estimate of drug-likeness (QED) is 0.645. The number of nitrogens with zero attached hydrogens (tertiary/aromatic N) is 2. The van der Waals surface area contributed by atoms with E-state index in [1.54, 1.807) is 6.26 Å². The third-order valence-electron chi connectivity index (χ3n) is 7.78. The van der Waals surface area contributed by atoms with Crippen molar-refractivity contribution in [3.05, 3.63) is 35.1 Å². The maximum absolute atomic E-state index is 13.2. The number of likely N-dealkylation sites (N-methyl/N-ethyl adjacent to an activating group) is 1. The zero-order valence-electron chi connectivity index (χ0n) is 20.8. The van der Waals surface area contributed by atoms with Crippen LogP contribution in [-0.4, -0.2) is 73.2 Å². The van der Waals surface area contributed by atoms with Crippen molar-refractivity contribution in [1.29, 1.82) is 0 Å². The van der Waals surface area contributed by atoms with Gasteiger partial charge in [-0.2, -0.15) is 0 Å². The summed E-state index contributed by atoms with van der Waals surface area (Å²) >= 11 is 0. The summed E-state index contributed by atoms with van der Waals surface area (Å²) in [5.74, 6) is 2.17. The molecule has 2 heterocycles. The molecule has 7 heteroatoms. The highest BCUT2D eigenvalue weighted by Gasteiger charge is 2.44. The number of fused-ring (bicyclic) bond motifs is 2. The number of hydrogen-bond donors (Lipinski definition) is 1. The van der Waals surface area contributed by atoms with Crippen molar-refractivity contribution in [3.8, 4) is 0 Å². The fourth-order valence-corrected chi connectivity index (χ4v) is 5.89. The maximum Gasteiger partial charge on any atom is 0.290 e. The van der Waals surface area contributed by atoms with Gasteiger partial charge in [-0.1, -0.05) is 6.07 Å². The first kappa shape index (κ1) is 24.7. The molecule has 3 aliphatic rings. The molecule has 186 valence electrons. The lowest BCUT2D eigenvalue weighted by Crippen LogP contribution is -2.48. The molecule has 1 aromatic carbocycles. The molecule has 0 radical (unpaired) electrons. The van der Waals surface area contributed by atoms with Gasteiger partial charge in [-0.25, -0.2) is 0 Å². The van der Waals surface area contributed by atoms with Crippen LogP contribution in [0, 0.1) is 31.6 Å². The predicted octanol–water partition coefficient (Wildman–Crippen LogP) is 3.89. The molecule has 7 nitrogen and oxygen atoms in total. The summed E-state index contributed by atoms with van der Waals surface area (Å²) in [6, 6.07) is 4.68. The number of aryl methyl sites for hydroxylation is 2. The molecule has 0 bridgehead atoms. The summed E-state index contributed by atoms with van der Waals surface area (Å²) in [7, 11) is 4.34. The average Bonchev–Trinajstić information content (AvgIpc) is 3.38. The van der Waals surface area contributed by atoms with E-state index in [1.165, 1.54) is 24.0 Å². The number of amides is 1. The van der Waals surface area contributed by atoms with E-state index in [4.69, 9.17) is 19.1 Å². The van der Waals surface area contributed by atoms with E-state index in [2.05, 4.69) is 49.9 Å². The minimum Gasteiger partial charge on any atom is -0.483 e. The summed E-state index contributed by atoms with van der Waals surface area (Å²) < 4.78 is 12.2. The number of carbonyl (C=O) groups is 2. The van der Waals surface area contributed by atoms with E-state index >= 15 is 0 Å². The van der Waals surface area contributed by atoms with Gasteiger partial charge in [0.1, 0.15) is 5.58 Å². The third-order valence-corrected chi connectivity index (χ3v) is 7.78. The Morgan fingerprint density at radius 3 is 2.53 bits per heavy atom. The fraction of sp³-hybridized carbons (Fsp3) is 0.630. The van der Waals surface area contributed by atoms with Crippen LogP contribution >= 0.6 is 0 Å². The highest BCUT2D eigenvalue weighted by atomic mass is 16.5. The Balaban J connectivity index is 0.000000868. The number of furan rings is 1. The molecule has 3 fully saturated rings. The van der Waals surface area contributed by atoms with E-state index in [-0.39, 0.29) is 12.4 Å². The number of carboxylic acid groups (broad SMARTS) is 1. The molecule has 34 heavy (non-hydrogen) atoms. The topological polar surface area (TPSA) is 83.2 Å². The molecular formula is C27H38N2O5. The molecule has 2 aromatic rings. The van der Waals surface area contributed by atoms with Crippen molar-refractivity contribution in [2.45, 2.75) is 58.1 Å². The molecule has 1 N–H and O–H groups in total. The third kappa shape index (κ3) is 5.47. The van der Waals surface area contributed by atoms with Gasteiger partial charge >= 0.3 is 0 Å². The fourth-order valence-electron chi connectivity index (χ4n) is 5.89. The summed E-state index contributed by atoms with van der Waals surface area (Å²) in [5.41, 5.74) is 4.28. The van der Waals surface area contributed by atoms with Crippen molar-refractivity contribution in [3.63, 3.8) is 0 Å². The first-order valence-electron chi connectivity index (χ1n) is 12.4. The van der Waals surface area contributed by atoms with E-state index < -0.39 is 0 Å². The van der Waals surface area contributed by atoms with Crippen molar-refractivity contribution in [1.82, 2.24) is 9.80 Å². The van der Waals surface area contributed by atoms with Crippen molar-refractivity contribution in [2.75, 3.05) is 33.8 Å². The first-order valence-corrected chi connectivity index (χ1v) is 12.4. The van der Waals surface area contributed by atoms with Gasteiger partial charge in [0.05, 0.1) is 18.8 Å². The van der Waals surface area contributed by atoms with Crippen LogP contribution < -0.4 is 0 Å². The maximum atomic E-state index is 13.2. The van der Waals surface area contributed by atoms with Crippen molar-refractivity contribution >= 4 is 23.3 Å². The van der Waals surface area contributed by atoms with Gasteiger partial charge in [-0.3, -0.25) is 9.59 Å². The molecule has 1 aromatic heterocycles. The molecule has 1 aliphatic heterocycles. The Bertz CT molecular complexity index is 1010. The molecule has 4 atom stereocenters. The van der Waals surface area contributed by atoms with Crippen LogP contribution in [0.3, 0.4) is 0 Å². The lowest BCUT2D eigenvalue weighted by atomic mass is 9.77. The minimum absolute atomic E-state index is 0.230. The summed E-state index contributed by atoms with van der Waals surface area (Å²) in [4.78, 5) is 26.0. The summed E-state index contributed by atoms with van der Waals surface area (Å²) in [6.45, 7) is 6.61. The van der Waals surface area contributed by atoms with Crippen LogP contribution in [0.5, 0.6) is 0 Å². The Morgan fingerprint density at radius 1 is 1.21 bits per heavy atom. The van der Waals surface area contributed by atoms with Crippen LogP contribution in [0.2, 0.25) is 0 Å². The lowest BCUT2D eigenvalue weighted by Gasteiger charge is -2.41. The van der Waals surface area contributed by atoms with E-state index in [0.29, 0.717) is 30.4 Å². The number of rotatable bonds is 6. The highest BCUT2D eigenvalue weighted by molar-refractivity contribution is 5.90. The molecular weight excluding hydrogens is 432 g/mol. The van der Waals surface area contributed by atoms with Crippen molar-refractivity contribution in [2.24, 2.45) is 17.8 Å². The molecule has 0 spiro atoms. The van der Waals surface area contributed by atoms with Crippen molar-refractivity contribution < 1.29 is 23.8 Å². The first-order chi connectivity index (χ1) is 16.3. The molecule has 5 rings (SSSR count). The Labute approximate surface area is 202 Å². The van der Waals surface area contributed by atoms with E-state index in [1.807, 2.05) is 0 Å². The highest BCUT2D eigenvalue weighted by Crippen LogP contribution is 2.40. The Hall–Kier alpha value is -2.38. The van der Waals surface area contributed by atoms with Crippen LogP contribution in [-0.2, 0) is 20.7 Å². The summed E-state index contributed by atoms with van der Waals surface area (Å²) in [6.07, 6.45) is 7.37. The van der Waals surface area contributed by atoms with Crippen LogP contribution in [0.4, 0.5) is 0 Å². The molecule has 0 unspecified atom stereocenters. The standard InChI is InChI=1S/C26H36N2O3.CH2O2/c1-16-7-17(2)26-21(15-31-24(26)8-16)11-25(29)28-12-19-9-22(27(3)4)23(10-20(19)13-28)30-14-18-5-6-18;2-1-3/h7-8,15,18-20,22-23H,5-6,9-14H2,1-4H3;1H,(H,2,3)/t19-,20+,22-,23-;/m1./s1. The number of ether oxygens (including phenoxy) is 1. The number of benzene rings is 1. The van der Waals surface area contributed by atoms with Gasteiger partial charge < -0.3 is 24.1 Å². The molecule has 1 amide bonds. The largest absolute Gasteiger partial charge is 0.483 e. The second-order valence-corrected chi connectivity index (χ2v) is 10.6. The normalized spacial score (nSPS) is 26.3. The van der Waals surface area contributed by atoms with Crippen LogP contribution in [0.1, 0.15) is 42.4 Å². The van der Waals surface area contributed by atoms with E-state index in [0.717, 1.165) is 55.0 Å². The molecule has 2 saturated carbocycles. The second kappa shape index (κ2) is 10.5. The number of likely N-dealkylation sites (tertiary alicyclic amines) is 1. The molecule has 1 saturated heterocycles. The van der Waals surface area contributed by atoms with Gasteiger partial charge in [0.15, 0.2) is 0 Å². The Kier molecular flexibility index (Phi) is 7.63. The van der Waals surface area contributed by atoms with Gasteiger partial charge in [0.2, 0.25) is 5.91 Å². The van der Waals surface area contributed by atoms with Gasteiger partial charge in [0, 0.05) is 36.7 Å². The monoisotopic (exact) mass is 470 g/mol. The average molecular weight is 471 g/mol. The summed E-state index contributed by atoms with van der Waals surface area (Å²) in [5, 5.41) is 8.00. The Morgan fingerprint density at radius 2 is 1.88 bits per heavy atom. The number of carbonyl (C=O) groups excluding carboxylic acids is 1. The van der Waals surface area contributed by atoms with Crippen LogP contribution in [0.15, 0.2) is 22.8 Å². The molecule has 2 aliphatic carbocycles.